The van der Waals surface area contributed by atoms with Gasteiger partial charge in [-0.3, -0.25) is 0 Å². The van der Waals surface area contributed by atoms with E-state index in [1.165, 1.54) is 0 Å². The molecule has 4 aromatic rings. The summed E-state index contributed by atoms with van der Waals surface area (Å²) in [7, 11) is 0. The molecule has 11 nitrogen and oxygen atoms in total. The molecule has 67 heavy (non-hydrogen) atoms. The fourth-order valence-corrected chi connectivity index (χ4v) is 8.58. The molecule has 0 saturated heterocycles. The highest BCUT2D eigenvalue weighted by molar-refractivity contribution is 5.70. The van der Waals surface area contributed by atoms with Crippen molar-refractivity contribution in [3.05, 3.63) is 115 Å². The van der Waals surface area contributed by atoms with Gasteiger partial charge in [0.05, 0.1) is 39.6 Å². The number of rotatable bonds is 6. The Labute approximate surface area is 398 Å². The van der Waals surface area contributed by atoms with Crippen LogP contribution >= 0.6 is 0 Å². The first-order valence-corrected chi connectivity index (χ1v) is 23.7. The molecule has 0 amide bonds. The van der Waals surface area contributed by atoms with Crippen LogP contribution in [0, 0.1) is 0 Å². The van der Waals surface area contributed by atoms with Crippen molar-refractivity contribution in [1.82, 2.24) is 0 Å². The molecular formula is C56H74O11. The molecule has 0 spiro atoms. The topological polar surface area (TPSA) is 139 Å². The molecule has 4 aromatic carbocycles. The molecule has 0 fully saturated rings. The average Bonchev–Trinajstić information content (AvgIpc) is 3.20. The van der Waals surface area contributed by atoms with E-state index < -0.39 is 25.2 Å². The van der Waals surface area contributed by atoms with Gasteiger partial charge in [0.2, 0.25) is 0 Å². The van der Waals surface area contributed by atoms with Crippen LogP contribution < -0.4 is 18.9 Å². The number of hydrogen-bond acceptors (Lipinski definition) is 9. The molecular weight excluding hydrogens is 849 g/mol. The summed E-state index contributed by atoms with van der Waals surface area (Å²) in [6.45, 7) is 28.0. The van der Waals surface area contributed by atoms with E-state index in [9.17, 15) is 19.8 Å². The summed E-state index contributed by atoms with van der Waals surface area (Å²) in [6, 6.07) is 17.4. The van der Waals surface area contributed by atoms with E-state index >= 15 is 0 Å². The van der Waals surface area contributed by atoms with Gasteiger partial charge in [-0.1, -0.05) is 132 Å². The highest BCUT2D eigenvalue weighted by atomic mass is 16.6. The molecule has 1 aliphatic heterocycles. The first-order valence-electron chi connectivity index (χ1n) is 23.7. The van der Waals surface area contributed by atoms with Crippen molar-refractivity contribution in [3.8, 4) is 23.0 Å². The normalized spacial score (nSPS) is 15.8. The number of carboxylic acid groups (broad SMARTS) is 2. The molecule has 0 saturated carbocycles. The molecule has 1 aliphatic carbocycles. The van der Waals surface area contributed by atoms with Crippen molar-refractivity contribution >= 4 is 11.9 Å². The second-order valence-electron chi connectivity index (χ2n) is 22.1. The molecule has 11 heteroatoms. The first-order chi connectivity index (χ1) is 31.4. The molecule has 0 aromatic heterocycles. The molecule has 2 N–H and O–H groups in total. The lowest BCUT2D eigenvalue weighted by molar-refractivity contribution is -0.140. The van der Waals surface area contributed by atoms with Crippen LogP contribution in [0.2, 0.25) is 0 Å². The number of carboxylic acids is 2. The predicted molar refractivity (Wildman–Crippen MR) is 262 cm³/mol. The van der Waals surface area contributed by atoms with Crippen LogP contribution in [0.5, 0.6) is 23.0 Å². The SMILES string of the molecule is CC(C)(C)c1cc2c3c(c1)Cc1cc(C(C)(C)C)cc(c1OCC(=O)O)Cc1cc(C(C)(C)C)cc(c1OCC(=O)O)Cc1cc(C(C)(C)C)cc(c1OCCOCCOCCOCCO3)C2. The Bertz CT molecular complexity index is 2240. The molecule has 0 radical (unpaired) electrons. The van der Waals surface area contributed by atoms with E-state index in [1.54, 1.807) is 0 Å². The molecule has 364 valence electrons. The van der Waals surface area contributed by atoms with Gasteiger partial charge in [0, 0.05) is 25.7 Å². The van der Waals surface area contributed by atoms with Gasteiger partial charge in [-0.25, -0.2) is 9.59 Å². The molecule has 2 aliphatic rings. The first kappa shape index (κ1) is 51.3. The van der Waals surface area contributed by atoms with Crippen molar-refractivity contribution in [2.45, 2.75) is 130 Å². The lowest BCUT2D eigenvalue weighted by Gasteiger charge is -2.29. The van der Waals surface area contributed by atoms with Crippen LogP contribution in [0.25, 0.3) is 0 Å². The maximum Gasteiger partial charge on any atom is 0.341 e. The quantitative estimate of drug-likeness (QED) is 0.168. The van der Waals surface area contributed by atoms with Crippen LogP contribution in [0.3, 0.4) is 0 Å². The van der Waals surface area contributed by atoms with Crippen molar-refractivity contribution < 1.29 is 53.0 Å². The highest BCUT2D eigenvalue weighted by Gasteiger charge is 2.30. The Morgan fingerprint density at radius 1 is 0.403 bits per heavy atom. The van der Waals surface area contributed by atoms with Crippen LogP contribution in [-0.4, -0.2) is 88.2 Å². The third-order valence-electron chi connectivity index (χ3n) is 12.3. The van der Waals surface area contributed by atoms with Crippen LogP contribution in [0.15, 0.2) is 48.5 Å². The smallest absolute Gasteiger partial charge is 0.341 e. The Balaban J connectivity index is 1.78. The van der Waals surface area contributed by atoms with Gasteiger partial charge in [-0.05, 0) is 88.4 Å². The summed E-state index contributed by atoms with van der Waals surface area (Å²) >= 11 is 0. The van der Waals surface area contributed by atoms with Crippen molar-refractivity contribution in [2.24, 2.45) is 0 Å². The van der Waals surface area contributed by atoms with E-state index in [0.717, 1.165) is 78.3 Å². The zero-order chi connectivity index (χ0) is 48.9. The van der Waals surface area contributed by atoms with Crippen LogP contribution in [-0.2, 0) is 71.1 Å². The largest absolute Gasteiger partial charge is 0.491 e. The number of hydrogen-bond donors (Lipinski definition) is 2. The van der Waals surface area contributed by atoms with Gasteiger partial charge in [-0.2, -0.15) is 0 Å². The van der Waals surface area contributed by atoms with E-state index in [0.29, 0.717) is 70.4 Å². The fourth-order valence-electron chi connectivity index (χ4n) is 8.58. The molecule has 0 unspecified atom stereocenters. The average molecular weight is 923 g/mol. The Morgan fingerprint density at radius 3 is 0.881 bits per heavy atom. The summed E-state index contributed by atoms with van der Waals surface area (Å²) in [5.74, 6) is 0.193. The number of carbonyl (C=O) groups is 2. The van der Waals surface area contributed by atoms with E-state index in [-0.39, 0.29) is 41.3 Å². The Kier molecular flexibility index (Phi) is 16.1. The zero-order valence-corrected chi connectivity index (χ0v) is 42.1. The summed E-state index contributed by atoms with van der Waals surface area (Å²) < 4.78 is 44.4. The number of ether oxygens (including phenoxy) is 7. The lowest BCUT2D eigenvalue weighted by Crippen LogP contribution is -2.20. The second kappa shape index (κ2) is 21.0. The molecule has 6 rings (SSSR count). The maximum atomic E-state index is 12.3. The predicted octanol–water partition coefficient (Wildman–Crippen LogP) is 10.3. The third-order valence-corrected chi connectivity index (χ3v) is 12.3. The van der Waals surface area contributed by atoms with Gasteiger partial charge in [0.25, 0.3) is 0 Å². The van der Waals surface area contributed by atoms with Gasteiger partial charge < -0.3 is 43.4 Å². The van der Waals surface area contributed by atoms with E-state index in [1.807, 2.05) is 0 Å². The summed E-state index contributed by atoms with van der Waals surface area (Å²) in [4.78, 5) is 24.7. The minimum atomic E-state index is -1.10. The number of benzene rings is 4. The molecule has 1 heterocycles. The summed E-state index contributed by atoms with van der Waals surface area (Å²) in [5, 5.41) is 20.2. The highest BCUT2D eigenvalue weighted by Crippen LogP contribution is 2.44. The fraction of sp³-hybridized carbons (Fsp3) is 0.536. The van der Waals surface area contributed by atoms with Gasteiger partial charge in [0.1, 0.15) is 36.2 Å². The summed E-state index contributed by atoms with van der Waals surface area (Å²) in [5.41, 5.74) is 10.1. The van der Waals surface area contributed by atoms with Gasteiger partial charge >= 0.3 is 11.9 Å². The maximum absolute atomic E-state index is 12.3. The third kappa shape index (κ3) is 13.5. The second-order valence-corrected chi connectivity index (χ2v) is 22.1. The lowest BCUT2D eigenvalue weighted by atomic mass is 9.79. The minimum absolute atomic E-state index is 0.254. The minimum Gasteiger partial charge on any atom is -0.491 e. The monoisotopic (exact) mass is 923 g/mol. The van der Waals surface area contributed by atoms with Crippen LogP contribution in [0.4, 0.5) is 0 Å². The van der Waals surface area contributed by atoms with E-state index in [2.05, 4.69) is 132 Å². The zero-order valence-electron chi connectivity index (χ0n) is 42.1. The van der Waals surface area contributed by atoms with Gasteiger partial charge in [-0.15, -0.1) is 0 Å². The molecule has 10 bridgehead atoms. The van der Waals surface area contributed by atoms with Gasteiger partial charge in [0.15, 0.2) is 13.2 Å². The van der Waals surface area contributed by atoms with Crippen molar-refractivity contribution in [3.63, 3.8) is 0 Å². The summed E-state index contributed by atoms with van der Waals surface area (Å²) in [6.07, 6.45) is 1.44. The Hall–Kier alpha value is -5.10. The standard InChI is InChI=1S/C56H74O11/c1-53(2,3)43-25-35-21-36-26-44(54(4,5)6)28-38-23-40-30-46(56(10,11)12)32-42(52(40)67-34-48(59)60)24-41-31-45(55(7,8)9)29-39(51(41)66-33-47(57)58)22-37(27-43)49(35)64-19-17-62-15-13-61-14-16-63-18-20-65-50(36)38/h25-32H,13-24,33-34H2,1-12H3,(H,57,58)(H,59,60). The number of aliphatic carboxylic acids is 2. The van der Waals surface area contributed by atoms with Crippen molar-refractivity contribution in [1.29, 1.82) is 0 Å². The van der Waals surface area contributed by atoms with E-state index in [4.69, 9.17) is 33.2 Å². The van der Waals surface area contributed by atoms with Crippen molar-refractivity contribution in [2.75, 3.05) is 66.1 Å². The molecule has 0 atom stereocenters. The Morgan fingerprint density at radius 2 is 0.627 bits per heavy atom. The number of fused-ring (bicyclic) bond motifs is 4. The van der Waals surface area contributed by atoms with Crippen LogP contribution in [0.1, 0.15) is 150 Å².